The fraction of sp³-hybridized carbons (Fsp3) is 0.294. The predicted octanol–water partition coefficient (Wildman–Crippen LogP) is 4.15. The molecule has 4 rings (SSSR count). The molecule has 0 heteroatoms. The van der Waals surface area contributed by atoms with Gasteiger partial charge in [-0.1, -0.05) is 60.7 Å². The van der Waals surface area contributed by atoms with E-state index in [2.05, 4.69) is 60.7 Å². The third-order valence-corrected chi connectivity index (χ3v) is 4.66. The second-order valence-corrected chi connectivity index (χ2v) is 5.62. The fourth-order valence-corrected chi connectivity index (χ4v) is 3.57. The normalized spacial score (nSPS) is 36.5. The van der Waals surface area contributed by atoms with Gasteiger partial charge in [-0.2, -0.15) is 0 Å². The maximum Gasteiger partial charge on any atom is 0.0168 e. The van der Waals surface area contributed by atoms with E-state index in [9.17, 15) is 0 Å². The number of fused-ring (bicyclic) bond motifs is 1. The minimum atomic E-state index is 0.318. The van der Waals surface area contributed by atoms with Crippen molar-refractivity contribution in [2.75, 3.05) is 0 Å². The Hall–Kier alpha value is -1.56. The van der Waals surface area contributed by atoms with E-state index in [4.69, 9.17) is 0 Å². The van der Waals surface area contributed by atoms with E-state index in [-0.39, 0.29) is 0 Å². The summed E-state index contributed by atoms with van der Waals surface area (Å²) in [6.45, 7) is 0. The van der Waals surface area contributed by atoms with E-state index in [1.807, 2.05) is 0 Å². The summed E-state index contributed by atoms with van der Waals surface area (Å²) in [5.41, 5.74) is 3.60. The maximum atomic E-state index is 2.47. The van der Waals surface area contributed by atoms with Crippen molar-refractivity contribution in [2.45, 2.75) is 19.3 Å². The lowest BCUT2D eigenvalue weighted by molar-refractivity contribution is 0.553. The molecular weight excluding hydrogens is 204 g/mol. The molecule has 17 heavy (non-hydrogen) atoms. The van der Waals surface area contributed by atoms with E-state index in [1.165, 1.54) is 24.0 Å². The Balaban J connectivity index is 1.89. The molecule has 84 valence electrons. The average molecular weight is 220 g/mol. The highest BCUT2D eigenvalue weighted by atomic mass is 14.7. The van der Waals surface area contributed by atoms with Gasteiger partial charge in [0.25, 0.3) is 0 Å². The fourth-order valence-electron chi connectivity index (χ4n) is 3.57. The molecule has 0 bridgehead atoms. The Morgan fingerprint density at radius 1 is 0.941 bits per heavy atom. The van der Waals surface area contributed by atoms with Crippen LogP contribution in [0.2, 0.25) is 0 Å². The summed E-state index contributed by atoms with van der Waals surface area (Å²) >= 11 is 0. The van der Waals surface area contributed by atoms with Crippen LogP contribution in [-0.4, -0.2) is 0 Å². The van der Waals surface area contributed by atoms with Crippen molar-refractivity contribution in [3.63, 3.8) is 0 Å². The molecule has 0 aromatic heterocycles. The third kappa shape index (κ3) is 1.18. The van der Waals surface area contributed by atoms with Crippen LogP contribution in [0, 0.1) is 10.8 Å². The van der Waals surface area contributed by atoms with Gasteiger partial charge in [0, 0.05) is 10.8 Å². The first-order chi connectivity index (χ1) is 8.34. The highest BCUT2D eigenvalue weighted by Gasteiger charge is 2.63. The van der Waals surface area contributed by atoms with Crippen LogP contribution < -0.4 is 0 Å². The van der Waals surface area contributed by atoms with Gasteiger partial charge < -0.3 is 0 Å². The van der Waals surface area contributed by atoms with Crippen molar-refractivity contribution in [2.24, 2.45) is 10.8 Å². The molecule has 0 radical (unpaired) electrons. The van der Waals surface area contributed by atoms with Gasteiger partial charge in [0.15, 0.2) is 0 Å². The van der Waals surface area contributed by atoms with Gasteiger partial charge >= 0.3 is 0 Å². The van der Waals surface area contributed by atoms with Gasteiger partial charge in [-0.15, -0.1) is 0 Å². The first-order valence-electron chi connectivity index (χ1n) is 6.46. The Kier molecular flexibility index (Phi) is 1.68. The molecule has 0 nitrogen and oxygen atoms in total. The maximum absolute atomic E-state index is 2.47. The first kappa shape index (κ1) is 9.47. The molecule has 1 saturated carbocycles. The van der Waals surface area contributed by atoms with Crippen LogP contribution >= 0.6 is 0 Å². The van der Waals surface area contributed by atoms with E-state index in [0.29, 0.717) is 10.8 Å². The first-order valence-corrected chi connectivity index (χ1v) is 6.46. The van der Waals surface area contributed by atoms with E-state index < -0.39 is 0 Å². The largest absolute Gasteiger partial charge is 0.0841 e. The summed E-state index contributed by atoms with van der Waals surface area (Å²) < 4.78 is 0. The number of benzene rings is 1. The molecule has 0 saturated heterocycles. The van der Waals surface area contributed by atoms with Crippen LogP contribution in [0.4, 0.5) is 0 Å². The van der Waals surface area contributed by atoms with E-state index in [1.54, 1.807) is 0 Å². The molecule has 0 N–H and O–H groups in total. The van der Waals surface area contributed by atoms with Crippen LogP contribution in [0.5, 0.6) is 0 Å². The molecule has 3 aliphatic rings. The van der Waals surface area contributed by atoms with Crippen molar-refractivity contribution in [1.82, 2.24) is 0 Å². The number of hydrogen-bond acceptors (Lipinski definition) is 0. The number of allylic oxidation sites excluding steroid dienone is 5. The Morgan fingerprint density at radius 2 is 1.82 bits per heavy atom. The highest BCUT2D eigenvalue weighted by molar-refractivity contribution is 5.61. The monoisotopic (exact) mass is 220 g/mol. The number of hydrogen-bond donors (Lipinski definition) is 0. The quantitative estimate of drug-likeness (QED) is 0.576. The van der Waals surface area contributed by atoms with E-state index >= 15 is 0 Å². The van der Waals surface area contributed by atoms with Crippen molar-refractivity contribution < 1.29 is 0 Å². The molecule has 0 amide bonds. The van der Waals surface area contributed by atoms with Gasteiger partial charge in [-0.3, -0.25) is 0 Å². The highest BCUT2D eigenvalue weighted by Crippen LogP contribution is 2.70. The molecule has 0 aliphatic heterocycles. The molecule has 2 unspecified atom stereocenters. The zero-order valence-electron chi connectivity index (χ0n) is 9.89. The second-order valence-electron chi connectivity index (χ2n) is 5.62. The summed E-state index contributed by atoms with van der Waals surface area (Å²) in [7, 11) is 0. The molecule has 1 aromatic rings. The molecule has 0 spiro atoms. The average Bonchev–Trinajstić information content (AvgIpc) is 2.97. The summed E-state index contributed by atoms with van der Waals surface area (Å²) in [6.07, 6.45) is 17.9. The van der Waals surface area contributed by atoms with Crippen LogP contribution in [0.25, 0.3) is 6.08 Å². The van der Waals surface area contributed by atoms with Crippen molar-refractivity contribution >= 4 is 6.08 Å². The summed E-state index contributed by atoms with van der Waals surface area (Å²) in [5.74, 6) is 0. The van der Waals surface area contributed by atoms with Crippen molar-refractivity contribution in [1.29, 1.82) is 0 Å². The van der Waals surface area contributed by atoms with E-state index in [0.717, 1.165) is 6.42 Å². The number of rotatable bonds is 0. The van der Waals surface area contributed by atoms with Crippen LogP contribution in [0.1, 0.15) is 24.0 Å². The van der Waals surface area contributed by atoms with Crippen molar-refractivity contribution in [3.8, 4) is 0 Å². The van der Waals surface area contributed by atoms with Crippen LogP contribution in [0.15, 0.2) is 54.6 Å². The van der Waals surface area contributed by atoms with Gasteiger partial charge in [0.1, 0.15) is 0 Å². The van der Waals surface area contributed by atoms with Gasteiger partial charge in [0.2, 0.25) is 0 Å². The molecule has 3 aliphatic carbocycles. The Labute approximate surface area is 102 Å². The SMILES string of the molecule is C1=CC23C=Cc4ccccc4CC2(C=CC1)C3. The topological polar surface area (TPSA) is 0 Å². The molecule has 0 heterocycles. The standard InChI is InChI=1S/C17H16/c1-4-9-16-11-8-14-6-2-3-7-15(14)12-17(16,13-16)10-5-1/h2-11H,1,12-13H2. The minimum Gasteiger partial charge on any atom is -0.0841 e. The summed E-state index contributed by atoms with van der Waals surface area (Å²) in [5, 5.41) is 0. The summed E-state index contributed by atoms with van der Waals surface area (Å²) in [6, 6.07) is 8.81. The minimum absolute atomic E-state index is 0.318. The van der Waals surface area contributed by atoms with Crippen molar-refractivity contribution in [3.05, 3.63) is 65.8 Å². The smallest absolute Gasteiger partial charge is 0.0168 e. The van der Waals surface area contributed by atoms with Gasteiger partial charge in [0.05, 0.1) is 0 Å². The lowest BCUT2D eigenvalue weighted by Gasteiger charge is -2.15. The summed E-state index contributed by atoms with van der Waals surface area (Å²) in [4.78, 5) is 0. The zero-order valence-corrected chi connectivity index (χ0v) is 9.89. The lowest BCUT2D eigenvalue weighted by Crippen LogP contribution is -2.09. The van der Waals surface area contributed by atoms with Crippen LogP contribution in [0.3, 0.4) is 0 Å². The predicted molar refractivity (Wildman–Crippen MR) is 71.6 cm³/mol. The van der Waals surface area contributed by atoms with Gasteiger partial charge in [-0.25, -0.2) is 0 Å². The van der Waals surface area contributed by atoms with Crippen LogP contribution in [-0.2, 0) is 6.42 Å². The molecular formula is C17H16. The zero-order chi connectivity index (χ0) is 11.3. The Bertz CT molecular complexity index is 561. The third-order valence-electron chi connectivity index (χ3n) is 4.66. The second kappa shape index (κ2) is 3.01. The molecule has 1 aromatic carbocycles. The Morgan fingerprint density at radius 3 is 2.82 bits per heavy atom. The van der Waals surface area contributed by atoms with Gasteiger partial charge in [-0.05, 0) is 30.4 Å². The lowest BCUT2D eigenvalue weighted by atomic mass is 9.88. The molecule has 2 atom stereocenters. The molecule has 1 fully saturated rings.